The second-order valence-corrected chi connectivity index (χ2v) is 5.44. The van der Waals surface area contributed by atoms with Gasteiger partial charge >= 0.3 is 0 Å². The Labute approximate surface area is 107 Å². The van der Waals surface area contributed by atoms with Crippen molar-refractivity contribution in [1.29, 1.82) is 0 Å². The second kappa shape index (κ2) is 9.77. The van der Waals surface area contributed by atoms with Gasteiger partial charge in [0.15, 0.2) is 0 Å². The minimum atomic E-state index is 0.766. The predicted molar refractivity (Wildman–Crippen MR) is 78.3 cm³/mol. The van der Waals surface area contributed by atoms with E-state index in [2.05, 4.69) is 70.7 Å². The lowest BCUT2D eigenvalue weighted by atomic mass is 10.0. The van der Waals surface area contributed by atoms with E-state index in [-0.39, 0.29) is 0 Å². The number of hydrogen-bond donors (Lipinski definition) is 1. The quantitative estimate of drug-likeness (QED) is 0.712. The van der Waals surface area contributed by atoms with Crippen molar-refractivity contribution in [3.63, 3.8) is 0 Å². The molecule has 1 rings (SSSR count). The average molecular weight is 238 g/mol. The van der Waals surface area contributed by atoms with Crippen LogP contribution in [0.1, 0.15) is 39.7 Å². The molecule has 0 nitrogen and oxygen atoms in total. The molecule has 0 saturated carbocycles. The molecule has 16 heavy (non-hydrogen) atoms. The topological polar surface area (TPSA) is 0 Å². The molecule has 0 atom stereocenters. The molecule has 1 aromatic carbocycles. The van der Waals surface area contributed by atoms with Crippen molar-refractivity contribution in [3.8, 4) is 0 Å². The largest absolute Gasteiger partial charge is 0.179 e. The molecule has 0 N–H and O–H groups in total. The predicted octanol–water partition coefficient (Wildman–Crippen LogP) is 4.85. The number of hydrogen-bond acceptors (Lipinski definition) is 1. The van der Waals surface area contributed by atoms with Crippen molar-refractivity contribution >= 4 is 12.6 Å². The summed E-state index contributed by atoms with van der Waals surface area (Å²) in [4.78, 5) is 0. The summed E-state index contributed by atoms with van der Waals surface area (Å²) >= 11 is 4.06. The Bertz CT molecular complexity index is 239. The van der Waals surface area contributed by atoms with E-state index in [4.69, 9.17) is 0 Å². The molecule has 0 heterocycles. The molecule has 0 bridgehead atoms. The first kappa shape index (κ1) is 15.6. The summed E-state index contributed by atoms with van der Waals surface area (Å²) in [6, 6.07) is 10.6. The molecule has 1 heteroatoms. The Morgan fingerprint density at radius 2 is 1.50 bits per heavy atom. The van der Waals surface area contributed by atoms with E-state index < -0.39 is 0 Å². The third-order valence-corrected chi connectivity index (χ3v) is 2.45. The van der Waals surface area contributed by atoms with Crippen LogP contribution in [0.25, 0.3) is 0 Å². The lowest BCUT2D eigenvalue weighted by Gasteiger charge is -2.02. The van der Waals surface area contributed by atoms with Crippen molar-refractivity contribution in [1.82, 2.24) is 0 Å². The van der Waals surface area contributed by atoms with Gasteiger partial charge in [-0.15, -0.1) is 0 Å². The zero-order chi connectivity index (χ0) is 12.4. The Kier molecular flexibility index (Phi) is 9.51. The number of rotatable bonds is 4. The van der Waals surface area contributed by atoms with Gasteiger partial charge in [0.05, 0.1) is 0 Å². The van der Waals surface area contributed by atoms with Gasteiger partial charge in [-0.25, -0.2) is 0 Å². The Balaban J connectivity index is 0.000000325. The van der Waals surface area contributed by atoms with E-state index >= 15 is 0 Å². The van der Waals surface area contributed by atoms with Gasteiger partial charge < -0.3 is 0 Å². The summed E-state index contributed by atoms with van der Waals surface area (Å²) in [6.45, 7) is 8.90. The maximum atomic E-state index is 4.06. The van der Waals surface area contributed by atoms with E-state index in [0.29, 0.717) is 0 Å². The Hall–Kier alpha value is -0.430. The van der Waals surface area contributed by atoms with Crippen LogP contribution in [0.15, 0.2) is 30.3 Å². The zero-order valence-electron chi connectivity index (χ0n) is 11.1. The van der Waals surface area contributed by atoms with Gasteiger partial charge in [0.1, 0.15) is 0 Å². The third kappa shape index (κ3) is 10.1. The summed E-state index contributed by atoms with van der Waals surface area (Å²) in [5.41, 5.74) is 1.44. The molecular weight excluding hydrogens is 212 g/mol. The highest BCUT2D eigenvalue weighted by atomic mass is 32.1. The zero-order valence-corrected chi connectivity index (χ0v) is 12.0. The lowest BCUT2D eigenvalue weighted by molar-refractivity contribution is 0.633. The first-order valence-electron chi connectivity index (χ1n) is 6.21. The van der Waals surface area contributed by atoms with Crippen LogP contribution < -0.4 is 0 Å². The van der Waals surface area contributed by atoms with Gasteiger partial charge in [-0.3, -0.25) is 0 Å². The van der Waals surface area contributed by atoms with E-state index in [9.17, 15) is 0 Å². The van der Waals surface area contributed by atoms with Crippen molar-refractivity contribution in [3.05, 3.63) is 35.9 Å². The van der Waals surface area contributed by atoms with Crippen LogP contribution in [-0.4, -0.2) is 5.75 Å². The standard InChI is InChI=1S/C10H14.C5H12S/c1-9(2)8-10-6-4-3-5-7-10;1-5(2)3-4-6/h3-7,9H,8H2,1-2H3;5-6H,3-4H2,1-2H3. The minimum absolute atomic E-state index is 0.766. The molecule has 0 aromatic heterocycles. The molecule has 0 aliphatic heterocycles. The van der Waals surface area contributed by atoms with Gasteiger partial charge in [-0.05, 0) is 36.0 Å². The van der Waals surface area contributed by atoms with Crippen molar-refractivity contribution in [2.75, 3.05) is 5.75 Å². The Morgan fingerprint density at radius 3 is 1.81 bits per heavy atom. The fourth-order valence-electron chi connectivity index (χ4n) is 1.34. The molecule has 0 amide bonds. The minimum Gasteiger partial charge on any atom is -0.179 e. The maximum absolute atomic E-state index is 4.06. The molecule has 0 radical (unpaired) electrons. The molecule has 1 aromatic rings. The van der Waals surface area contributed by atoms with Crippen molar-refractivity contribution in [2.45, 2.75) is 40.5 Å². The maximum Gasteiger partial charge on any atom is -0.00955 e. The first-order valence-corrected chi connectivity index (χ1v) is 6.84. The molecule has 92 valence electrons. The molecule has 0 unspecified atom stereocenters. The van der Waals surface area contributed by atoms with Crippen LogP contribution in [0, 0.1) is 11.8 Å². The molecule has 0 aliphatic rings. The van der Waals surface area contributed by atoms with E-state index in [1.807, 2.05) is 0 Å². The SMILES string of the molecule is CC(C)CCS.CC(C)Cc1ccccc1. The van der Waals surface area contributed by atoms with Crippen LogP contribution in [0.4, 0.5) is 0 Å². The summed E-state index contributed by atoms with van der Waals surface area (Å²) in [7, 11) is 0. The highest BCUT2D eigenvalue weighted by Gasteiger charge is 1.94. The summed E-state index contributed by atoms with van der Waals surface area (Å²) in [5.74, 6) is 2.61. The smallest absolute Gasteiger partial charge is 0.00955 e. The van der Waals surface area contributed by atoms with Gasteiger partial charge in [-0.2, -0.15) is 12.6 Å². The monoisotopic (exact) mass is 238 g/mol. The normalized spacial score (nSPS) is 10.2. The molecule has 0 spiro atoms. The summed E-state index contributed by atoms with van der Waals surface area (Å²) < 4.78 is 0. The lowest BCUT2D eigenvalue weighted by Crippen LogP contribution is -1.92. The molecule has 0 aliphatic carbocycles. The fourth-order valence-corrected chi connectivity index (χ4v) is 1.86. The highest BCUT2D eigenvalue weighted by Crippen LogP contribution is 2.06. The average Bonchev–Trinajstić information content (AvgIpc) is 2.18. The Morgan fingerprint density at radius 1 is 0.938 bits per heavy atom. The van der Waals surface area contributed by atoms with Gasteiger partial charge in [0, 0.05) is 0 Å². The van der Waals surface area contributed by atoms with E-state index in [0.717, 1.165) is 17.6 Å². The third-order valence-electron chi connectivity index (χ3n) is 2.19. The molecule has 0 saturated heterocycles. The molecular formula is C15H26S. The van der Waals surface area contributed by atoms with Crippen molar-refractivity contribution < 1.29 is 0 Å². The van der Waals surface area contributed by atoms with Gasteiger partial charge in [-0.1, -0.05) is 58.0 Å². The fraction of sp³-hybridized carbons (Fsp3) is 0.600. The van der Waals surface area contributed by atoms with Gasteiger partial charge in [0.25, 0.3) is 0 Å². The van der Waals surface area contributed by atoms with Gasteiger partial charge in [0.2, 0.25) is 0 Å². The van der Waals surface area contributed by atoms with Crippen LogP contribution in [0.2, 0.25) is 0 Å². The number of thiol groups is 1. The van der Waals surface area contributed by atoms with Crippen LogP contribution in [0.5, 0.6) is 0 Å². The summed E-state index contributed by atoms with van der Waals surface area (Å²) in [6.07, 6.45) is 2.43. The van der Waals surface area contributed by atoms with Crippen molar-refractivity contribution in [2.24, 2.45) is 11.8 Å². The second-order valence-electron chi connectivity index (χ2n) is 4.99. The van der Waals surface area contributed by atoms with Crippen LogP contribution >= 0.6 is 12.6 Å². The first-order chi connectivity index (χ1) is 7.56. The van der Waals surface area contributed by atoms with Crippen LogP contribution in [0.3, 0.4) is 0 Å². The number of benzene rings is 1. The van der Waals surface area contributed by atoms with E-state index in [1.165, 1.54) is 18.4 Å². The summed E-state index contributed by atoms with van der Waals surface area (Å²) in [5, 5.41) is 0. The van der Waals surface area contributed by atoms with E-state index in [1.54, 1.807) is 0 Å². The van der Waals surface area contributed by atoms with Crippen LogP contribution in [-0.2, 0) is 6.42 Å². The highest BCUT2D eigenvalue weighted by molar-refractivity contribution is 7.80. The molecule has 0 fully saturated rings.